The van der Waals surface area contributed by atoms with E-state index in [0.717, 1.165) is 18.4 Å². The van der Waals surface area contributed by atoms with Crippen molar-refractivity contribution in [2.24, 2.45) is 17.8 Å². The SMILES string of the molecule is CC1(C)NC(=O)C(C)(C)N(CC2CC3CCC2C3)C1=O. The lowest BCUT2D eigenvalue weighted by Gasteiger charge is -2.49. The highest BCUT2D eigenvalue weighted by molar-refractivity contribution is 6.01. The summed E-state index contributed by atoms with van der Waals surface area (Å²) < 4.78 is 0. The van der Waals surface area contributed by atoms with Crippen molar-refractivity contribution in [3.63, 3.8) is 0 Å². The fourth-order valence-corrected chi connectivity index (χ4v) is 4.35. The number of hydrogen-bond acceptors (Lipinski definition) is 2. The van der Waals surface area contributed by atoms with E-state index in [1.54, 1.807) is 13.8 Å². The lowest BCUT2D eigenvalue weighted by atomic mass is 9.84. The topological polar surface area (TPSA) is 49.4 Å². The van der Waals surface area contributed by atoms with E-state index in [1.165, 1.54) is 25.7 Å². The molecule has 0 aromatic heterocycles. The summed E-state index contributed by atoms with van der Waals surface area (Å²) in [5, 5.41) is 2.85. The third-order valence-corrected chi connectivity index (χ3v) is 5.74. The number of carbonyl (C=O) groups excluding carboxylic acids is 2. The number of amides is 2. The molecule has 4 nitrogen and oxygen atoms in total. The maximum absolute atomic E-state index is 12.7. The van der Waals surface area contributed by atoms with E-state index in [4.69, 9.17) is 0 Å². The number of nitrogens with zero attached hydrogens (tertiary/aromatic N) is 1. The highest BCUT2D eigenvalue weighted by Crippen LogP contribution is 2.49. The number of hydrogen-bond donors (Lipinski definition) is 1. The van der Waals surface area contributed by atoms with Crippen LogP contribution in [0, 0.1) is 17.8 Å². The van der Waals surface area contributed by atoms with Crippen LogP contribution in [0.15, 0.2) is 0 Å². The van der Waals surface area contributed by atoms with Crippen LogP contribution in [0.1, 0.15) is 53.4 Å². The van der Waals surface area contributed by atoms with E-state index in [2.05, 4.69) is 5.32 Å². The second kappa shape index (κ2) is 4.22. The monoisotopic (exact) mass is 278 g/mol. The van der Waals surface area contributed by atoms with Gasteiger partial charge in [0.1, 0.15) is 11.1 Å². The predicted molar refractivity (Wildman–Crippen MR) is 77.0 cm³/mol. The van der Waals surface area contributed by atoms with Crippen LogP contribution < -0.4 is 5.32 Å². The first kappa shape index (κ1) is 13.9. The Balaban J connectivity index is 1.81. The normalized spacial score (nSPS) is 38.2. The second-order valence-corrected chi connectivity index (χ2v) is 7.99. The Morgan fingerprint density at radius 1 is 1.15 bits per heavy atom. The summed E-state index contributed by atoms with van der Waals surface area (Å²) in [4.78, 5) is 26.9. The van der Waals surface area contributed by atoms with Crippen LogP contribution in [0.2, 0.25) is 0 Å². The van der Waals surface area contributed by atoms with E-state index in [-0.39, 0.29) is 11.8 Å². The number of fused-ring (bicyclic) bond motifs is 2. The molecule has 3 fully saturated rings. The third kappa shape index (κ3) is 1.95. The standard InChI is InChI=1S/C16H26N2O2/c1-15(2)14(20)18(16(3,4)13(19)17-15)9-12-8-10-5-6-11(12)7-10/h10-12H,5-9H2,1-4H3,(H,17,19). The molecule has 0 spiro atoms. The number of rotatable bonds is 2. The Morgan fingerprint density at radius 3 is 2.40 bits per heavy atom. The van der Waals surface area contributed by atoms with Gasteiger partial charge in [-0.25, -0.2) is 0 Å². The molecule has 3 unspecified atom stereocenters. The van der Waals surface area contributed by atoms with Gasteiger partial charge in [0.2, 0.25) is 11.8 Å². The molecule has 2 amide bonds. The van der Waals surface area contributed by atoms with Crippen LogP contribution in [0.3, 0.4) is 0 Å². The fraction of sp³-hybridized carbons (Fsp3) is 0.875. The Kier molecular flexibility index (Phi) is 2.93. The summed E-state index contributed by atoms with van der Waals surface area (Å²) in [6, 6.07) is 0. The van der Waals surface area contributed by atoms with Gasteiger partial charge in [0.25, 0.3) is 0 Å². The van der Waals surface area contributed by atoms with Crippen LogP contribution in [-0.2, 0) is 9.59 Å². The number of piperazine rings is 1. The summed E-state index contributed by atoms with van der Waals surface area (Å²) in [5.74, 6) is 2.26. The van der Waals surface area contributed by atoms with Crippen molar-refractivity contribution < 1.29 is 9.59 Å². The van der Waals surface area contributed by atoms with Crippen molar-refractivity contribution in [1.82, 2.24) is 10.2 Å². The average molecular weight is 278 g/mol. The largest absolute Gasteiger partial charge is 0.340 e. The molecule has 0 aromatic carbocycles. The van der Waals surface area contributed by atoms with Gasteiger partial charge in [-0.2, -0.15) is 0 Å². The van der Waals surface area contributed by atoms with E-state index < -0.39 is 11.1 Å². The molecule has 0 aromatic rings. The van der Waals surface area contributed by atoms with Crippen molar-refractivity contribution in [1.29, 1.82) is 0 Å². The van der Waals surface area contributed by atoms with Gasteiger partial charge < -0.3 is 10.2 Å². The molecule has 2 saturated carbocycles. The molecule has 1 aliphatic heterocycles. The number of carbonyl (C=O) groups is 2. The molecule has 2 bridgehead atoms. The molecule has 1 heterocycles. The second-order valence-electron chi connectivity index (χ2n) is 7.99. The highest BCUT2D eigenvalue weighted by Gasteiger charge is 2.52. The molecule has 20 heavy (non-hydrogen) atoms. The summed E-state index contributed by atoms with van der Waals surface area (Å²) in [5.41, 5.74) is -1.50. The molecule has 3 rings (SSSR count). The zero-order valence-electron chi connectivity index (χ0n) is 13.0. The minimum atomic E-state index is -0.774. The van der Waals surface area contributed by atoms with Gasteiger partial charge in [0.05, 0.1) is 0 Å². The maximum Gasteiger partial charge on any atom is 0.248 e. The van der Waals surface area contributed by atoms with Crippen molar-refractivity contribution in [2.45, 2.75) is 64.5 Å². The summed E-state index contributed by atoms with van der Waals surface area (Å²) in [6.07, 6.45) is 5.26. The molecule has 4 heteroatoms. The Bertz CT molecular complexity index is 455. The maximum atomic E-state index is 12.7. The first-order valence-electron chi connectivity index (χ1n) is 7.86. The van der Waals surface area contributed by atoms with Gasteiger partial charge in [-0.15, -0.1) is 0 Å². The van der Waals surface area contributed by atoms with Crippen molar-refractivity contribution >= 4 is 11.8 Å². The minimum absolute atomic E-state index is 0.0368. The molecule has 3 aliphatic rings. The lowest BCUT2D eigenvalue weighted by Crippen LogP contribution is -2.72. The molecular weight excluding hydrogens is 252 g/mol. The highest BCUT2D eigenvalue weighted by atomic mass is 16.2. The minimum Gasteiger partial charge on any atom is -0.340 e. The molecule has 0 radical (unpaired) electrons. The van der Waals surface area contributed by atoms with Gasteiger partial charge in [-0.1, -0.05) is 6.42 Å². The van der Waals surface area contributed by atoms with Crippen LogP contribution in [0.25, 0.3) is 0 Å². The molecule has 3 atom stereocenters. The van der Waals surface area contributed by atoms with Crippen molar-refractivity contribution in [3.8, 4) is 0 Å². The zero-order chi connectivity index (χ0) is 14.7. The molecular formula is C16H26N2O2. The van der Waals surface area contributed by atoms with E-state index >= 15 is 0 Å². The molecule has 1 saturated heterocycles. The smallest absolute Gasteiger partial charge is 0.248 e. The van der Waals surface area contributed by atoms with E-state index in [0.29, 0.717) is 5.92 Å². The van der Waals surface area contributed by atoms with Gasteiger partial charge in [-0.05, 0) is 64.7 Å². The van der Waals surface area contributed by atoms with Crippen LogP contribution in [-0.4, -0.2) is 34.3 Å². The lowest BCUT2D eigenvalue weighted by molar-refractivity contribution is -0.160. The quantitative estimate of drug-likeness (QED) is 0.839. The van der Waals surface area contributed by atoms with Crippen molar-refractivity contribution in [3.05, 3.63) is 0 Å². The number of nitrogens with one attached hydrogen (secondary N) is 1. The molecule has 2 aliphatic carbocycles. The van der Waals surface area contributed by atoms with Gasteiger partial charge in [-0.3, -0.25) is 9.59 Å². The summed E-state index contributed by atoms with van der Waals surface area (Å²) in [6.45, 7) is 8.09. The van der Waals surface area contributed by atoms with Crippen LogP contribution in [0.5, 0.6) is 0 Å². The van der Waals surface area contributed by atoms with Gasteiger partial charge in [0.15, 0.2) is 0 Å². The van der Waals surface area contributed by atoms with Gasteiger partial charge >= 0.3 is 0 Å². The van der Waals surface area contributed by atoms with Gasteiger partial charge in [0, 0.05) is 6.54 Å². The van der Waals surface area contributed by atoms with Crippen LogP contribution >= 0.6 is 0 Å². The first-order valence-corrected chi connectivity index (χ1v) is 7.86. The first-order chi connectivity index (χ1) is 9.22. The third-order valence-electron chi connectivity index (χ3n) is 5.74. The Labute approximate surface area is 121 Å². The van der Waals surface area contributed by atoms with E-state index in [1.807, 2.05) is 18.7 Å². The van der Waals surface area contributed by atoms with Crippen molar-refractivity contribution in [2.75, 3.05) is 6.54 Å². The molecule has 1 N–H and O–H groups in total. The average Bonchev–Trinajstić information content (AvgIpc) is 2.94. The summed E-state index contributed by atoms with van der Waals surface area (Å²) >= 11 is 0. The van der Waals surface area contributed by atoms with E-state index in [9.17, 15) is 9.59 Å². The summed E-state index contributed by atoms with van der Waals surface area (Å²) in [7, 11) is 0. The predicted octanol–water partition coefficient (Wildman–Crippen LogP) is 1.94. The zero-order valence-corrected chi connectivity index (χ0v) is 13.0. The Hall–Kier alpha value is -1.06. The fourth-order valence-electron chi connectivity index (χ4n) is 4.35. The van der Waals surface area contributed by atoms with Crippen LogP contribution in [0.4, 0.5) is 0 Å². The Morgan fingerprint density at radius 2 is 1.85 bits per heavy atom. The molecule has 112 valence electrons.